The predicted octanol–water partition coefficient (Wildman–Crippen LogP) is 4.04. The summed E-state index contributed by atoms with van der Waals surface area (Å²) >= 11 is 3.24. The van der Waals surface area contributed by atoms with Crippen LogP contribution in [0.4, 0.5) is 4.39 Å². The van der Waals surface area contributed by atoms with Gasteiger partial charge in [-0.25, -0.2) is 4.39 Å². The number of terminal acetylenes is 1. The van der Waals surface area contributed by atoms with Crippen LogP contribution in [-0.4, -0.2) is 6.04 Å². The van der Waals surface area contributed by atoms with Crippen LogP contribution >= 0.6 is 15.9 Å². The zero-order valence-corrected chi connectivity index (χ0v) is 11.7. The molecule has 2 unspecified atom stereocenters. The van der Waals surface area contributed by atoms with E-state index < -0.39 is 0 Å². The van der Waals surface area contributed by atoms with E-state index in [1.807, 2.05) is 13.0 Å². The fourth-order valence-electron chi connectivity index (χ4n) is 1.75. The van der Waals surface area contributed by atoms with Crippen molar-refractivity contribution in [2.24, 2.45) is 0 Å². The molecule has 0 aliphatic carbocycles. The number of hydrogen-bond acceptors (Lipinski definition) is 1. The molecule has 2 atom stereocenters. The molecule has 1 aromatic carbocycles. The maximum atomic E-state index is 13.7. The normalized spacial score (nSPS) is 14.1. The van der Waals surface area contributed by atoms with E-state index in [1.165, 1.54) is 6.07 Å². The molecular weight excluding hydrogens is 281 g/mol. The lowest BCUT2D eigenvalue weighted by molar-refractivity contribution is 0.476. The van der Waals surface area contributed by atoms with Crippen LogP contribution in [0.5, 0.6) is 0 Å². The van der Waals surface area contributed by atoms with Crippen molar-refractivity contribution >= 4 is 15.9 Å². The van der Waals surface area contributed by atoms with E-state index in [0.717, 1.165) is 17.3 Å². The van der Waals surface area contributed by atoms with Gasteiger partial charge in [-0.05, 0) is 25.5 Å². The summed E-state index contributed by atoms with van der Waals surface area (Å²) in [5.41, 5.74) is 0.643. The Kier molecular flexibility index (Phi) is 5.67. The highest BCUT2D eigenvalue weighted by Gasteiger charge is 2.14. The third-order valence-corrected chi connectivity index (χ3v) is 3.15. The molecule has 0 aliphatic heterocycles. The van der Waals surface area contributed by atoms with Gasteiger partial charge in [0.1, 0.15) is 5.82 Å². The second kappa shape index (κ2) is 6.78. The molecular formula is C14H17BrFN. The van der Waals surface area contributed by atoms with Crippen LogP contribution in [0.25, 0.3) is 0 Å². The molecule has 0 fully saturated rings. The minimum absolute atomic E-state index is 0.00181. The highest BCUT2D eigenvalue weighted by Crippen LogP contribution is 2.21. The molecule has 0 heterocycles. The van der Waals surface area contributed by atoms with Gasteiger partial charge in [-0.1, -0.05) is 41.3 Å². The van der Waals surface area contributed by atoms with Crippen LogP contribution < -0.4 is 5.32 Å². The van der Waals surface area contributed by atoms with Crippen LogP contribution in [0.1, 0.15) is 38.3 Å². The summed E-state index contributed by atoms with van der Waals surface area (Å²) in [7, 11) is 0. The van der Waals surface area contributed by atoms with Crippen LogP contribution in [0, 0.1) is 18.2 Å². The average Bonchev–Trinajstić information content (AvgIpc) is 2.28. The van der Waals surface area contributed by atoms with Crippen molar-refractivity contribution < 1.29 is 4.39 Å². The zero-order chi connectivity index (χ0) is 12.8. The van der Waals surface area contributed by atoms with Gasteiger partial charge in [0.05, 0.1) is 6.04 Å². The lowest BCUT2D eigenvalue weighted by Gasteiger charge is -2.19. The van der Waals surface area contributed by atoms with Crippen LogP contribution in [-0.2, 0) is 0 Å². The number of nitrogens with one attached hydrogen (secondary N) is 1. The van der Waals surface area contributed by atoms with E-state index >= 15 is 0 Å². The molecule has 0 spiro atoms. The Morgan fingerprint density at radius 1 is 1.53 bits per heavy atom. The van der Waals surface area contributed by atoms with E-state index in [9.17, 15) is 4.39 Å². The number of rotatable bonds is 5. The summed E-state index contributed by atoms with van der Waals surface area (Å²) < 4.78 is 14.5. The molecule has 0 amide bonds. The SMILES string of the molecule is C#CC(CCC)NC(C)c1ccc(Br)cc1F. The van der Waals surface area contributed by atoms with E-state index in [2.05, 4.69) is 34.1 Å². The molecule has 0 bridgehead atoms. The highest BCUT2D eigenvalue weighted by molar-refractivity contribution is 9.10. The molecule has 0 saturated heterocycles. The first-order chi connectivity index (χ1) is 8.08. The van der Waals surface area contributed by atoms with Gasteiger partial charge in [0.15, 0.2) is 0 Å². The fourth-order valence-corrected chi connectivity index (χ4v) is 2.08. The first-order valence-electron chi connectivity index (χ1n) is 5.75. The van der Waals surface area contributed by atoms with Gasteiger partial charge in [-0.2, -0.15) is 0 Å². The lowest BCUT2D eigenvalue weighted by Crippen LogP contribution is -2.30. The van der Waals surface area contributed by atoms with Gasteiger partial charge in [-0.3, -0.25) is 5.32 Å². The Balaban J connectivity index is 2.75. The Morgan fingerprint density at radius 2 is 2.24 bits per heavy atom. The minimum Gasteiger partial charge on any atom is -0.297 e. The average molecular weight is 298 g/mol. The van der Waals surface area contributed by atoms with Crippen molar-refractivity contribution in [2.45, 2.75) is 38.8 Å². The molecule has 1 nitrogen and oxygen atoms in total. The minimum atomic E-state index is -0.216. The Labute approximate surface area is 111 Å². The summed E-state index contributed by atoms with van der Waals surface area (Å²) in [5, 5.41) is 3.25. The first kappa shape index (κ1) is 14.2. The van der Waals surface area contributed by atoms with Crippen LogP contribution in [0.2, 0.25) is 0 Å². The Morgan fingerprint density at radius 3 is 2.76 bits per heavy atom. The smallest absolute Gasteiger partial charge is 0.129 e. The first-order valence-corrected chi connectivity index (χ1v) is 6.55. The molecule has 1 aromatic rings. The van der Waals surface area contributed by atoms with Gasteiger partial charge in [0, 0.05) is 16.1 Å². The third-order valence-electron chi connectivity index (χ3n) is 2.66. The van der Waals surface area contributed by atoms with Crippen molar-refractivity contribution in [3.63, 3.8) is 0 Å². The van der Waals surface area contributed by atoms with E-state index in [1.54, 1.807) is 6.07 Å². The molecule has 92 valence electrons. The summed E-state index contributed by atoms with van der Waals surface area (Å²) in [6.45, 7) is 4.00. The zero-order valence-electron chi connectivity index (χ0n) is 10.1. The third kappa shape index (κ3) is 4.14. The van der Waals surface area contributed by atoms with Gasteiger partial charge in [0.25, 0.3) is 0 Å². The number of hydrogen-bond donors (Lipinski definition) is 1. The second-order valence-corrected chi connectivity index (χ2v) is 4.98. The molecule has 0 aromatic heterocycles. The van der Waals surface area contributed by atoms with Crippen molar-refractivity contribution in [1.82, 2.24) is 5.32 Å². The molecule has 17 heavy (non-hydrogen) atoms. The summed E-state index contributed by atoms with van der Waals surface area (Å²) in [6.07, 6.45) is 7.35. The van der Waals surface area contributed by atoms with E-state index in [-0.39, 0.29) is 17.9 Å². The van der Waals surface area contributed by atoms with Gasteiger partial charge in [0.2, 0.25) is 0 Å². The molecule has 1 N–H and O–H groups in total. The maximum Gasteiger partial charge on any atom is 0.129 e. The summed E-state index contributed by atoms with van der Waals surface area (Å²) in [5.74, 6) is 2.48. The lowest BCUT2D eigenvalue weighted by atomic mass is 10.1. The van der Waals surface area contributed by atoms with Crippen molar-refractivity contribution in [2.75, 3.05) is 0 Å². The van der Waals surface area contributed by atoms with E-state index in [4.69, 9.17) is 6.42 Å². The second-order valence-electron chi connectivity index (χ2n) is 4.06. The summed E-state index contributed by atoms with van der Waals surface area (Å²) in [4.78, 5) is 0. The molecule has 3 heteroatoms. The maximum absolute atomic E-state index is 13.7. The van der Waals surface area contributed by atoms with Gasteiger partial charge >= 0.3 is 0 Å². The van der Waals surface area contributed by atoms with Crippen molar-refractivity contribution in [3.05, 3.63) is 34.1 Å². The molecule has 1 rings (SSSR count). The Hall–Kier alpha value is -0.850. The van der Waals surface area contributed by atoms with E-state index in [0.29, 0.717) is 5.56 Å². The van der Waals surface area contributed by atoms with Crippen LogP contribution in [0.15, 0.2) is 22.7 Å². The molecule has 0 saturated carbocycles. The Bertz CT molecular complexity index is 411. The van der Waals surface area contributed by atoms with Gasteiger partial charge < -0.3 is 0 Å². The largest absolute Gasteiger partial charge is 0.297 e. The molecule has 0 aliphatic rings. The van der Waals surface area contributed by atoms with Crippen molar-refractivity contribution in [3.8, 4) is 12.3 Å². The topological polar surface area (TPSA) is 12.0 Å². The predicted molar refractivity (Wildman–Crippen MR) is 73.2 cm³/mol. The molecule has 0 radical (unpaired) electrons. The number of benzene rings is 1. The highest BCUT2D eigenvalue weighted by atomic mass is 79.9. The fraction of sp³-hybridized carbons (Fsp3) is 0.429. The van der Waals surface area contributed by atoms with Crippen LogP contribution in [0.3, 0.4) is 0 Å². The van der Waals surface area contributed by atoms with Crippen molar-refractivity contribution in [1.29, 1.82) is 0 Å². The quantitative estimate of drug-likeness (QED) is 0.809. The summed E-state index contributed by atoms with van der Waals surface area (Å²) in [6, 6.07) is 4.99. The monoisotopic (exact) mass is 297 g/mol. The standard InChI is InChI=1S/C14H17BrFN/c1-4-6-12(5-2)17-10(3)13-8-7-11(15)9-14(13)16/h2,7-10,12,17H,4,6H2,1,3H3. The number of halogens is 2. The van der Waals surface area contributed by atoms with Gasteiger partial charge in [-0.15, -0.1) is 6.42 Å².